The number of carbonyl (C=O) groups is 2. The largest absolute Gasteiger partial charge is 0.341 e. The quantitative estimate of drug-likeness (QED) is 0.777. The van der Waals surface area contributed by atoms with Crippen molar-refractivity contribution in [1.82, 2.24) is 14.8 Å². The van der Waals surface area contributed by atoms with Crippen molar-refractivity contribution < 1.29 is 9.59 Å². The monoisotopic (exact) mass is 432 g/mol. The number of halogens is 1. The fraction of sp³-hybridized carbons (Fsp3) is 0.316. The molecule has 3 rings (SSSR count). The van der Waals surface area contributed by atoms with Crippen LogP contribution in [0.2, 0.25) is 0 Å². The molecule has 0 spiro atoms. The van der Waals surface area contributed by atoms with E-state index in [-0.39, 0.29) is 30.1 Å². The highest BCUT2D eigenvalue weighted by molar-refractivity contribution is 9.10. The summed E-state index contributed by atoms with van der Waals surface area (Å²) in [6.45, 7) is 1.13. The molecule has 7 nitrogen and oxygen atoms in total. The van der Waals surface area contributed by atoms with Crippen LogP contribution in [0.1, 0.15) is 12.8 Å². The van der Waals surface area contributed by atoms with Crippen molar-refractivity contribution in [2.24, 2.45) is 0 Å². The van der Waals surface area contributed by atoms with Gasteiger partial charge in [0.25, 0.3) is 5.56 Å². The van der Waals surface area contributed by atoms with E-state index < -0.39 is 0 Å². The number of urea groups is 1. The summed E-state index contributed by atoms with van der Waals surface area (Å²) in [5.41, 5.74) is 0.530. The normalized spacial score (nSPS) is 14.6. The third kappa shape index (κ3) is 5.43. The standard InChI is InChI=1S/C19H21BrN4O3/c20-14-6-7-17(25)24(12-14)13-18(26)23-10-8-16(9-11-23)22-19(27)21-15-4-2-1-3-5-15/h1-7,12,16H,8-11,13H2,(H2,21,22,27). The molecule has 0 aliphatic carbocycles. The second-order valence-corrected chi connectivity index (χ2v) is 7.35. The van der Waals surface area contributed by atoms with Crippen molar-refractivity contribution in [3.8, 4) is 0 Å². The Hall–Kier alpha value is -2.61. The van der Waals surface area contributed by atoms with Gasteiger partial charge in [-0.15, -0.1) is 0 Å². The second-order valence-electron chi connectivity index (χ2n) is 6.43. The minimum Gasteiger partial charge on any atom is -0.341 e. The van der Waals surface area contributed by atoms with Gasteiger partial charge in [0.05, 0.1) is 0 Å². The van der Waals surface area contributed by atoms with Crippen molar-refractivity contribution in [2.45, 2.75) is 25.4 Å². The van der Waals surface area contributed by atoms with Gasteiger partial charge in [0.15, 0.2) is 0 Å². The van der Waals surface area contributed by atoms with E-state index in [4.69, 9.17) is 0 Å². The number of pyridine rings is 1. The zero-order valence-electron chi connectivity index (χ0n) is 14.7. The van der Waals surface area contributed by atoms with Crippen LogP contribution in [-0.4, -0.2) is 40.5 Å². The highest BCUT2D eigenvalue weighted by Crippen LogP contribution is 2.12. The first kappa shape index (κ1) is 19.2. The van der Waals surface area contributed by atoms with E-state index in [9.17, 15) is 14.4 Å². The zero-order chi connectivity index (χ0) is 19.2. The van der Waals surface area contributed by atoms with E-state index in [1.54, 1.807) is 17.2 Å². The summed E-state index contributed by atoms with van der Waals surface area (Å²) in [5, 5.41) is 5.74. The number of piperidine rings is 1. The lowest BCUT2D eigenvalue weighted by atomic mass is 10.1. The van der Waals surface area contributed by atoms with Gasteiger partial charge in [-0.25, -0.2) is 4.79 Å². The van der Waals surface area contributed by atoms with Crippen LogP contribution in [0.25, 0.3) is 0 Å². The predicted octanol–water partition coefficient (Wildman–Crippen LogP) is 2.42. The molecule has 1 fully saturated rings. The molecule has 2 heterocycles. The van der Waals surface area contributed by atoms with Gasteiger partial charge in [-0.05, 0) is 47.0 Å². The highest BCUT2D eigenvalue weighted by atomic mass is 79.9. The summed E-state index contributed by atoms with van der Waals surface area (Å²) < 4.78 is 2.14. The number of likely N-dealkylation sites (tertiary alicyclic amines) is 1. The number of hydrogen-bond acceptors (Lipinski definition) is 3. The van der Waals surface area contributed by atoms with Crippen LogP contribution in [0.15, 0.2) is 57.9 Å². The molecule has 1 aliphatic rings. The van der Waals surface area contributed by atoms with E-state index in [0.29, 0.717) is 25.9 Å². The van der Waals surface area contributed by atoms with Crippen LogP contribution in [0.3, 0.4) is 0 Å². The van der Waals surface area contributed by atoms with E-state index in [0.717, 1.165) is 10.2 Å². The summed E-state index contributed by atoms with van der Waals surface area (Å²) in [6, 6.07) is 12.1. The molecular formula is C19H21BrN4O3. The number of nitrogens with one attached hydrogen (secondary N) is 2. The van der Waals surface area contributed by atoms with Crippen LogP contribution >= 0.6 is 15.9 Å². The minimum atomic E-state index is -0.244. The lowest BCUT2D eigenvalue weighted by molar-refractivity contribution is -0.132. The number of benzene rings is 1. The lowest BCUT2D eigenvalue weighted by Crippen LogP contribution is -2.48. The molecule has 0 unspecified atom stereocenters. The van der Waals surface area contributed by atoms with Crippen LogP contribution in [0.4, 0.5) is 10.5 Å². The molecule has 8 heteroatoms. The number of aromatic nitrogens is 1. The Labute approximate surface area is 165 Å². The van der Waals surface area contributed by atoms with E-state index in [2.05, 4.69) is 26.6 Å². The minimum absolute atomic E-state index is 0.0187. The average molecular weight is 433 g/mol. The predicted molar refractivity (Wildman–Crippen MR) is 107 cm³/mol. The van der Waals surface area contributed by atoms with Crippen LogP contribution in [0, 0.1) is 0 Å². The molecule has 3 amide bonds. The van der Waals surface area contributed by atoms with Gasteiger partial charge in [0.1, 0.15) is 6.54 Å². The Balaban J connectivity index is 1.47. The van der Waals surface area contributed by atoms with Gasteiger partial charge in [0, 0.05) is 41.6 Å². The van der Waals surface area contributed by atoms with E-state index in [1.165, 1.54) is 10.6 Å². The number of rotatable bonds is 4. The molecule has 0 saturated carbocycles. The fourth-order valence-electron chi connectivity index (χ4n) is 3.02. The molecule has 1 aromatic heterocycles. The maximum absolute atomic E-state index is 12.5. The molecule has 1 aliphatic heterocycles. The Morgan fingerprint density at radius 3 is 2.48 bits per heavy atom. The third-order valence-electron chi connectivity index (χ3n) is 4.47. The topological polar surface area (TPSA) is 83.4 Å². The van der Waals surface area contributed by atoms with Gasteiger partial charge in [-0.3, -0.25) is 9.59 Å². The first-order valence-corrected chi connectivity index (χ1v) is 9.57. The van der Waals surface area contributed by atoms with Gasteiger partial charge in [0.2, 0.25) is 5.91 Å². The van der Waals surface area contributed by atoms with Crippen molar-refractivity contribution in [2.75, 3.05) is 18.4 Å². The molecule has 0 atom stereocenters. The Bertz CT molecular complexity index is 861. The maximum Gasteiger partial charge on any atom is 0.319 e. The highest BCUT2D eigenvalue weighted by Gasteiger charge is 2.24. The Morgan fingerprint density at radius 1 is 1.07 bits per heavy atom. The Morgan fingerprint density at radius 2 is 1.78 bits per heavy atom. The molecule has 27 heavy (non-hydrogen) atoms. The SMILES string of the molecule is O=C(Nc1ccccc1)NC1CCN(C(=O)Cn2cc(Br)ccc2=O)CC1. The molecule has 1 saturated heterocycles. The fourth-order valence-corrected chi connectivity index (χ4v) is 3.40. The smallest absolute Gasteiger partial charge is 0.319 e. The average Bonchev–Trinajstić information content (AvgIpc) is 2.66. The van der Waals surface area contributed by atoms with Crippen LogP contribution in [-0.2, 0) is 11.3 Å². The van der Waals surface area contributed by atoms with Crippen molar-refractivity contribution >= 4 is 33.6 Å². The number of anilines is 1. The van der Waals surface area contributed by atoms with Gasteiger partial charge in [-0.1, -0.05) is 18.2 Å². The molecular weight excluding hydrogens is 412 g/mol. The molecule has 0 radical (unpaired) electrons. The number of amides is 3. The molecule has 0 bridgehead atoms. The van der Waals surface area contributed by atoms with E-state index >= 15 is 0 Å². The second kappa shape index (κ2) is 8.85. The van der Waals surface area contributed by atoms with Crippen LogP contribution in [0.5, 0.6) is 0 Å². The van der Waals surface area contributed by atoms with Crippen molar-refractivity contribution in [3.63, 3.8) is 0 Å². The summed E-state index contributed by atoms with van der Waals surface area (Å²) in [5.74, 6) is -0.0950. The zero-order valence-corrected chi connectivity index (χ0v) is 16.3. The van der Waals surface area contributed by atoms with Gasteiger partial charge < -0.3 is 20.1 Å². The number of para-hydroxylation sites is 1. The first-order valence-electron chi connectivity index (χ1n) is 8.77. The molecule has 2 N–H and O–H groups in total. The number of carbonyl (C=O) groups excluding carboxylic acids is 2. The van der Waals surface area contributed by atoms with E-state index in [1.807, 2.05) is 30.3 Å². The number of nitrogens with zero attached hydrogens (tertiary/aromatic N) is 2. The van der Waals surface area contributed by atoms with Crippen LogP contribution < -0.4 is 16.2 Å². The number of hydrogen-bond donors (Lipinski definition) is 2. The summed E-state index contributed by atoms with van der Waals surface area (Å²) in [4.78, 5) is 38.1. The maximum atomic E-state index is 12.5. The van der Waals surface area contributed by atoms with Crippen molar-refractivity contribution in [3.05, 3.63) is 63.5 Å². The lowest BCUT2D eigenvalue weighted by Gasteiger charge is -2.32. The molecule has 2 aromatic rings. The first-order chi connectivity index (χ1) is 13.0. The summed E-state index contributed by atoms with van der Waals surface area (Å²) in [7, 11) is 0. The summed E-state index contributed by atoms with van der Waals surface area (Å²) >= 11 is 3.31. The van der Waals surface area contributed by atoms with Gasteiger partial charge >= 0.3 is 6.03 Å². The van der Waals surface area contributed by atoms with Crippen molar-refractivity contribution in [1.29, 1.82) is 0 Å². The molecule has 142 valence electrons. The molecule has 1 aromatic carbocycles. The van der Waals surface area contributed by atoms with Gasteiger partial charge in [-0.2, -0.15) is 0 Å². The summed E-state index contributed by atoms with van der Waals surface area (Å²) in [6.07, 6.45) is 2.98. The Kier molecular flexibility index (Phi) is 6.28. The third-order valence-corrected chi connectivity index (χ3v) is 4.94.